The number of hydrogen-bond acceptors (Lipinski definition) is 0. The van der Waals surface area contributed by atoms with Crippen molar-refractivity contribution in [3.05, 3.63) is 124 Å². The third-order valence-electron chi connectivity index (χ3n) is 7.94. The van der Waals surface area contributed by atoms with E-state index < -0.39 is 21.3 Å². The largest absolute Gasteiger partial charge is 1.00 e. The van der Waals surface area contributed by atoms with Gasteiger partial charge in [0.1, 0.15) is 0 Å². The van der Waals surface area contributed by atoms with Crippen LogP contribution in [0.5, 0.6) is 0 Å². The fraction of sp³-hybridized carbons (Fsp3) is 0.242. The van der Waals surface area contributed by atoms with Crippen LogP contribution in [0, 0.1) is 11.8 Å². The van der Waals surface area contributed by atoms with Gasteiger partial charge in [-0.25, -0.2) is 0 Å². The summed E-state index contributed by atoms with van der Waals surface area (Å²) < 4.78 is 5.38. The number of fused-ring (bicyclic) bond motifs is 2. The number of benzene rings is 2. The van der Waals surface area contributed by atoms with Gasteiger partial charge in [0.2, 0.25) is 0 Å². The number of rotatable bonds is 4. The van der Waals surface area contributed by atoms with E-state index in [1.54, 1.807) is 35.6 Å². The third kappa shape index (κ3) is 4.91. The Morgan fingerprint density at radius 2 is 0.974 bits per heavy atom. The van der Waals surface area contributed by atoms with Gasteiger partial charge in [-0.05, 0) is 0 Å². The molecule has 38 heavy (non-hydrogen) atoms. The normalized spacial score (nSPS) is 24.9. The predicted molar refractivity (Wildman–Crippen MR) is 158 cm³/mol. The molecule has 0 saturated heterocycles. The maximum absolute atomic E-state index is 2.64. The fourth-order valence-electron chi connectivity index (χ4n) is 6.60. The molecule has 5 heteroatoms. The van der Waals surface area contributed by atoms with Gasteiger partial charge in [-0.1, -0.05) is 0 Å². The predicted octanol–water partition coefficient (Wildman–Crippen LogP) is 2.85. The van der Waals surface area contributed by atoms with Gasteiger partial charge in [0.15, 0.2) is 0 Å². The Morgan fingerprint density at radius 1 is 0.605 bits per heavy atom. The average molecular weight is 655 g/mol. The van der Waals surface area contributed by atoms with Crippen LogP contribution >= 0.6 is 15.8 Å². The molecule has 0 saturated carbocycles. The molecule has 194 valence electrons. The molecule has 0 fully saturated rings. The minimum absolute atomic E-state index is 0. The molecule has 0 aromatic heterocycles. The zero-order valence-electron chi connectivity index (χ0n) is 22.9. The molecule has 2 aliphatic carbocycles. The number of halogens is 2. The topological polar surface area (TPSA) is 0 Å². The van der Waals surface area contributed by atoms with E-state index in [1.165, 1.54) is 10.6 Å². The van der Waals surface area contributed by atoms with Gasteiger partial charge in [0.25, 0.3) is 0 Å². The summed E-state index contributed by atoms with van der Waals surface area (Å²) in [6.45, 7) is 14.5. The Labute approximate surface area is 251 Å². The molecule has 0 nitrogen and oxygen atoms in total. The van der Waals surface area contributed by atoms with Crippen molar-refractivity contribution in [3.63, 3.8) is 0 Å². The Hall–Kier alpha value is -0.927. The monoisotopic (exact) mass is 652 g/mol. The molecule has 4 aliphatic rings. The van der Waals surface area contributed by atoms with Crippen molar-refractivity contribution in [3.8, 4) is 0 Å². The first-order valence-electron chi connectivity index (χ1n) is 13.0. The standard InChI is InChI=1S/2C15H14P.C3H6.2ClH.Zr/c2*1-11-8-13-10-12(2)16(15(13)9-11)14-6-4-3-5-7-14;1-3-2;;;/h2*3-7,9-10,13H,1-2H3;1-2H3;2*1H;/q;;;;;+2/p-2. The van der Waals surface area contributed by atoms with Crippen molar-refractivity contribution in [2.24, 2.45) is 11.8 Å². The van der Waals surface area contributed by atoms with E-state index >= 15 is 0 Å². The van der Waals surface area contributed by atoms with Gasteiger partial charge in [-0.15, -0.1) is 0 Å². The summed E-state index contributed by atoms with van der Waals surface area (Å²) in [4.78, 5) is 0. The van der Waals surface area contributed by atoms with Crippen LogP contribution in [0.1, 0.15) is 41.5 Å². The summed E-state index contributed by atoms with van der Waals surface area (Å²) >= 11 is -2.25. The van der Waals surface area contributed by atoms with Crippen LogP contribution in [-0.4, -0.2) is 3.21 Å². The first-order chi connectivity index (χ1) is 17.4. The van der Waals surface area contributed by atoms with E-state index in [0.29, 0.717) is 11.8 Å². The maximum Gasteiger partial charge on any atom is -1.00 e. The second-order valence-electron chi connectivity index (χ2n) is 10.6. The van der Waals surface area contributed by atoms with Crippen molar-refractivity contribution in [2.75, 3.05) is 0 Å². The van der Waals surface area contributed by atoms with E-state index in [9.17, 15) is 0 Å². The smallest absolute Gasteiger partial charge is 1.00 e. The molecule has 2 heterocycles. The van der Waals surface area contributed by atoms with Gasteiger partial charge in [-0.3, -0.25) is 0 Å². The maximum atomic E-state index is 2.64. The summed E-state index contributed by atoms with van der Waals surface area (Å²) in [5.41, 5.74) is 3.16. The second kappa shape index (κ2) is 11.9. The molecule has 4 atom stereocenters. The van der Waals surface area contributed by atoms with E-state index in [2.05, 4.69) is 127 Å². The molecule has 2 aromatic rings. The minimum atomic E-state index is -2.25. The first kappa shape index (κ1) is 30.0. The molecule has 0 N–H and O–H groups in total. The van der Waals surface area contributed by atoms with E-state index in [-0.39, 0.29) is 40.7 Å². The summed E-state index contributed by atoms with van der Waals surface area (Å²) in [6, 6.07) is 22.5. The van der Waals surface area contributed by atoms with E-state index in [0.717, 1.165) is 0 Å². The Bertz CT molecular complexity index is 1380. The zero-order chi connectivity index (χ0) is 25.1. The molecule has 4 unspecified atom stereocenters. The summed E-state index contributed by atoms with van der Waals surface area (Å²) in [7, 11) is -0.707. The third-order valence-corrected chi connectivity index (χ3v) is 21.7. The quantitative estimate of drug-likeness (QED) is 0.446. The van der Waals surface area contributed by atoms with Gasteiger partial charge < -0.3 is 24.8 Å². The van der Waals surface area contributed by atoms with Crippen LogP contribution in [0.25, 0.3) is 0 Å². The molecule has 0 bridgehead atoms. The molecule has 0 spiro atoms. The molecule has 0 amide bonds. The number of allylic oxidation sites excluding steroid dienone is 12. The fourth-order valence-corrected chi connectivity index (χ4v) is 20.9. The Kier molecular flexibility index (Phi) is 9.41. The van der Waals surface area contributed by atoms with Crippen LogP contribution in [0.3, 0.4) is 0 Å². The molecule has 6 rings (SSSR count). The molecule has 2 aliphatic heterocycles. The molecular weight excluding hydrogens is 620 g/mol. The van der Waals surface area contributed by atoms with Gasteiger partial charge in [0, 0.05) is 0 Å². The zero-order valence-corrected chi connectivity index (χ0v) is 28.6. The van der Waals surface area contributed by atoms with Crippen molar-refractivity contribution in [2.45, 2.75) is 41.5 Å². The molecule has 0 radical (unpaired) electrons. The summed E-state index contributed by atoms with van der Waals surface area (Å²) in [6.07, 6.45) is 10.5. The van der Waals surface area contributed by atoms with Crippen LogP contribution in [0.15, 0.2) is 124 Å². The average Bonchev–Trinajstić information content (AvgIpc) is 3.53. The van der Waals surface area contributed by atoms with Crippen molar-refractivity contribution in [1.29, 1.82) is 0 Å². The van der Waals surface area contributed by atoms with E-state index in [1.807, 2.05) is 6.56 Å². The second-order valence-corrected chi connectivity index (χ2v) is 22.4. The van der Waals surface area contributed by atoms with Crippen LogP contribution in [0.2, 0.25) is 0 Å². The van der Waals surface area contributed by atoms with Gasteiger partial charge >= 0.3 is 228 Å². The van der Waals surface area contributed by atoms with Crippen molar-refractivity contribution >= 4 is 29.7 Å². The van der Waals surface area contributed by atoms with Gasteiger partial charge in [-0.2, -0.15) is 0 Å². The van der Waals surface area contributed by atoms with Crippen molar-refractivity contribution in [1.82, 2.24) is 0 Å². The Morgan fingerprint density at radius 3 is 1.32 bits per heavy atom. The van der Waals surface area contributed by atoms with Gasteiger partial charge in [0.05, 0.1) is 0 Å². The first-order valence-corrected chi connectivity index (χ1v) is 19.3. The Balaban J connectivity index is 0.00000168. The van der Waals surface area contributed by atoms with Crippen LogP contribution in [-0.2, 0) is 21.3 Å². The SMILES string of the molecule is CC1=CC2C(=CC(C)=[C]2[Zr+2]([C]2=C(C)C=C3C2C=C(C)P3c2ccccc2)=[C](C)C)P1c1ccccc1.[Cl-].[Cl-]. The van der Waals surface area contributed by atoms with E-state index in [4.69, 9.17) is 0 Å². The molecular formula is C33H34Cl2P2Zr. The molecule has 2 aromatic carbocycles. The van der Waals surface area contributed by atoms with Crippen LogP contribution < -0.4 is 35.4 Å². The van der Waals surface area contributed by atoms with Crippen LogP contribution in [0.4, 0.5) is 0 Å². The summed E-state index contributed by atoms with van der Waals surface area (Å²) in [5.74, 6) is 1.07. The number of hydrogen-bond donors (Lipinski definition) is 0. The summed E-state index contributed by atoms with van der Waals surface area (Å²) in [5, 5.41) is 9.58. The van der Waals surface area contributed by atoms with Crippen molar-refractivity contribution < 1.29 is 46.1 Å². The minimum Gasteiger partial charge on any atom is -1.00 e.